The van der Waals surface area contributed by atoms with E-state index in [9.17, 15) is 0 Å². The molecule has 2 aromatic rings. The predicted molar refractivity (Wildman–Crippen MR) is 69.9 cm³/mol. The van der Waals surface area contributed by atoms with E-state index in [2.05, 4.69) is 10.3 Å². The van der Waals surface area contributed by atoms with E-state index in [1.54, 1.807) is 13.2 Å². The smallest absolute Gasteiger partial charge is 0.179 e. The average Bonchev–Trinajstić information content (AvgIpc) is 2.93. The van der Waals surface area contributed by atoms with Crippen LogP contribution < -0.4 is 10.5 Å². The number of fused-ring (bicyclic) bond motifs is 1. The molecule has 6 nitrogen and oxygen atoms in total. The highest BCUT2D eigenvalue weighted by molar-refractivity contribution is 5.90. The topological polar surface area (TPSA) is 83.4 Å². The molecule has 19 heavy (non-hydrogen) atoms. The number of nitrogen functional groups attached to an aromatic ring is 1. The Morgan fingerprint density at radius 2 is 2.00 bits per heavy atom. The van der Waals surface area contributed by atoms with Crippen molar-refractivity contribution in [1.29, 1.82) is 0 Å². The molecule has 1 saturated carbocycles. The molecule has 3 rings (SSSR count). The van der Waals surface area contributed by atoms with Gasteiger partial charge in [0.1, 0.15) is 6.10 Å². The van der Waals surface area contributed by atoms with Gasteiger partial charge in [-0.25, -0.2) is 4.63 Å². The van der Waals surface area contributed by atoms with Gasteiger partial charge >= 0.3 is 0 Å². The van der Waals surface area contributed by atoms with Gasteiger partial charge < -0.3 is 15.2 Å². The van der Waals surface area contributed by atoms with Gasteiger partial charge in [0.2, 0.25) is 0 Å². The molecule has 1 aromatic carbocycles. The van der Waals surface area contributed by atoms with Crippen LogP contribution in [0.5, 0.6) is 5.75 Å². The van der Waals surface area contributed by atoms with E-state index in [1.165, 1.54) is 0 Å². The highest BCUT2D eigenvalue weighted by Crippen LogP contribution is 2.31. The number of ether oxygens (including phenoxy) is 2. The highest BCUT2D eigenvalue weighted by atomic mass is 16.6. The van der Waals surface area contributed by atoms with Crippen molar-refractivity contribution >= 4 is 16.7 Å². The van der Waals surface area contributed by atoms with E-state index in [4.69, 9.17) is 19.8 Å². The fourth-order valence-electron chi connectivity index (χ4n) is 2.56. The summed E-state index contributed by atoms with van der Waals surface area (Å²) in [6.07, 6.45) is 4.54. The van der Waals surface area contributed by atoms with Gasteiger partial charge in [-0.3, -0.25) is 0 Å². The van der Waals surface area contributed by atoms with Crippen molar-refractivity contribution in [3.05, 3.63) is 12.1 Å². The SMILES string of the molecule is COC1CCCC(Oc2ccc(N)c3nonc23)C1. The summed E-state index contributed by atoms with van der Waals surface area (Å²) in [6.45, 7) is 0. The van der Waals surface area contributed by atoms with E-state index in [0.29, 0.717) is 22.5 Å². The summed E-state index contributed by atoms with van der Waals surface area (Å²) in [7, 11) is 1.75. The van der Waals surface area contributed by atoms with Crippen LogP contribution in [-0.2, 0) is 4.74 Å². The fraction of sp³-hybridized carbons (Fsp3) is 0.538. The number of rotatable bonds is 3. The maximum absolute atomic E-state index is 6.02. The molecule has 2 N–H and O–H groups in total. The van der Waals surface area contributed by atoms with Crippen LogP contribution in [0.1, 0.15) is 25.7 Å². The van der Waals surface area contributed by atoms with Crippen molar-refractivity contribution < 1.29 is 14.1 Å². The van der Waals surface area contributed by atoms with Crippen LogP contribution in [0.25, 0.3) is 11.0 Å². The number of anilines is 1. The Hall–Kier alpha value is -1.82. The van der Waals surface area contributed by atoms with Gasteiger partial charge in [0.15, 0.2) is 16.8 Å². The molecular formula is C13H17N3O3. The molecular weight excluding hydrogens is 246 g/mol. The Labute approximate surface area is 110 Å². The summed E-state index contributed by atoms with van der Waals surface area (Å²) in [6, 6.07) is 3.58. The Morgan fingerprint density at radius 1 is 1.21 bits per heavy atom. The molecule has 0 amide bonds. The lowest BCUT2D eigenvalue weighted by molar-refractivity contribution is 0.0213. The van der Waals surface area contributed by atoms with Crippen LogP contribution in [0.3, 0.4) is 0 Å². The zero-order valence-corrected chi connectivity index (χ0v) is 10.8. The van der Waals surface area contributed by atoms with Gasteiger partial charge in [0, 0.05) is 13.5 Å². The van der Waals surface area contributed by atoms with E-state index >= 15 is 0 Å². The molecule has 0 saturated heterocycles. The lowest BCUT2D eigenvalue weighted by atomic mass is 9.95. The molecule has 1 aliphatic carbocycles. The standard InChI is InChI=1S/C13H17N3O3/c1-17-8-3-2-4-9(7-8)18-11-6-5-10(14)12-13(11)16-19-15-12/h5-6,8-9H,2-4,7,14H2,1H3. The quantitative estimate of drug-likeness (QED) is 0.854. The average molecular weight is 263 g/mol. The van der Waals surface area contributed by atoms with Gasteiger partial charge in [-0.15, -0.1) is 0 Å². The summed E-state index contributed by atoms with van der Waals surface area (Å²) < 4.78 is 16.2. The van der Waals surface area contributed by atoms with Crippen LogP contribution in [-0.4, -0.2) is 29.6 Å². The molecule has 0 bridgehead atoms. The van der Waals surface area contributed by atoms with Gasteiger partial charge in [-0.1, -0.05) is 0 Å². The minimum Gasteiger partial charge on any atom is -0.488 e. The predicted octanol–water partition coefficient (Wildman–Crippen LogP) is 2.14. The molecule has 102 valence electrons. The largest absolute Gasteiger partial charge is 0.488 e. The number of hydrogen-bond acceptors (Lipinski definition) is 6. The van der Waals surface area contributed by atoms with Crippen LogP contribution >= 0.6 is 0 Å². The Kier molecular flexibility index (Phi) is 3.25. The minimum absolute atomic E-state index is 0.141. The van der Waals surface area contributed by atoms with Crippen molar-refractivity contribution in [3.8, 4) is 5.75 Å². The number of methoxy groups -OCH3 is 1. The third-order valence-electron chi connectivity index (χ3n) is 3.61. The number of hydrogen-bond donors (Lipinski definition) is 1. The molecule has 1 heterocycles. The fourth-order valence-corrected chi connectivity index (χ4v) is 2.56. The summed E-state index contributed by atoms with van der Waals surface area (Å²) >= 11 is 0. The van der Waals surface area contributed by atoms with Crippen LogP contribution in [0.2, 0.25) is 0 Å². The van der Waals surface area contributed by atoms with Gasteiger partial charge in [-0.05, 0) is 41.7 Å². The first-order valence-electron chi connectivity index (χ1n) is 6.48. The lowest BCUT2D eigenvalue weighted by Gasteiger charge is -2.28. The highest BCUT2D eigenvalue weighted by Gasteiger charge is 2.24. The van der Waals surface area contributed by atoms with Crippen molar-refractivity contribution in [2.24, 2.45) is 0 Å². The number of aromatic nitrogens is 2. The second kappa shape index (κ2) is 5.05. The van der Waals surface area contributed by atoms with Crippen LogP contribution in [0.4, 0.5) is 5.69 Å². The number of nitrogens with two attached hydrogens (primary N) is 1. The molecule has 0 radical (unpaired) electrons. The zero-order valence-electron chi connectivity index (χ0n) is 10.8. The van der Waals surface area contributed by atoms with Crippen LogP contribution in [0, 0.1) is 0 Å². The first kappa shape index (κ1) is 12.2. The molecule has 1 aromatic heterocycles. The molecule has 0 aliphatic heterocycles. The molecule has 2 unspecified atom stereocenters. The summed E-state index contributed by atoms with van der Waals surface area (Å²) in [5, 5.41) is 7.65. The zero-order chi connectivity index (χ0) is 13.2. The molecule has 6 heteroatoms. The van der Waals surface area contributed by atoms with E-state index in [0.717, 1.165) is 25.7 Å². The maximum Gasteiger partial charge on any atom is 0.179 e. The van der Waals surface area contributed by atoms with Crippen LogP contribution in [0.15, 0.2) is 16.8 Å². The van der Waals surface area contributed by atoms with Crippen molar-refractivity contribution in [3.63, 3.8) is 0 Å². The molecule has 2 atom stereocenters. The molecule has 0 spiro atoms. The second-order valence-corrected chi connectivity index (χ2v) is 4.88. The first-order chi connectivity index (χ1) is 9.28. The monoisotopic (exact) mass is 263 g/mol. The molecule has 1 aliphatic rings. The molecule has 1 fully saturated rings. The summed E-state index contributed by atoms with van der Waals surface area (Å²) in [5.74, 6) is 0.673. The summed E-state index contributed by atoms with van der Waals surface area (Å²) in [4.78, 5) is 0. The first-order valence-corrected chi connectivity index (χ1v) is 6.48. The van der Waals surface area contributed by atoms with Gasteiger partial charge in [-0.2, -0.15) is 0 Å². The van der Waals surface area contributed by atoms with Crippen molar-refractivity contribution in [1.82, 2.24) is 10.3 Å². The Balaban J connectivity index is 1.81. The van der Waals surface area contributed by atoms with E-state index in [1.807, 2.05) is 6.07 Å². The maximum atomic E-state index is 6.02. The Bertz CT molecular complexity index is 569. The third-order valence-corrected chi connectivity index (χ3v) is 3.61. The third kappa shape index (κ3) is 2.35. The lowest BCUT2D eigenvalue weighted by Crippen LogP contribution is -2.29. The minimum atomic E-state index is 0.141. The van der Waals surface area contributed by atoms with Gasteiger partial charge in [0.25, 0.3) is 0 Å². The number of nitrogens with zero attached hydrogens (tertiary/aromatic N) is 2. The number of benzene rings is 1. The van der Waals surface area contributed by atoms with Crippen molar-refractivity contribution in [2.45, 2.75) is 37.9 Å². The normalized spacial score (nSPS) is 23.6. The van der Waals surface area contributed by atoms with Crippen molar-refractivity contribution in [2.75, 3.05) is 12.8 Å². The van der Waals surface area contributed by atoms with E-state index < -0.39 is 0 Å². The summed E-state index contributed by atoms with van der Waals surface area (Å²) in [5.41, 5.74) is 7.49. The van der Waals surface area contributed by atoms with Gasteiger partial charge in [0.05, 0.1) is 11.8 Å². The Morgan fingerprint density at radius 3 is 2.84 bits per heavy atom. The van der Waals surface area contributed by atoms with E-state index in [-0.39, 0.29) is 12.2 Å². The second-order valence-electron chi connectivity index (χ2n) is 4.88.